The van der Waals surface area contributed by atoms with Crippen molar-refractivity contribution in [3.8, 4) is 0 Å². The largest absolute Gasteiger partial charge is 0.480 e. The molecule has 15 heavy (non-hydrogen) atoms. The van der Waals surface area contributed by atoms with Crippen molar-refractivity contribution in [2.24, 2.45) is 17.2 Å². The summed E-state index contributed by atoms with van der Waals surface area (Å²) in [5, 5.41) is 8.91. The first kappa shape index (κ1) is 13.8. The van der Waals surface area contributed by atoms with Gasteiger partial charge in [0.1, 0.15) is 6.04 Å². The first-order valence-electron chi connectivity index (χ1n) is 4.58. The maximum atomic E-state index is 10.9. The number of carboxylic acids is 1. The summed E-state index contributed by atoms with van der Waals surface area (Å²) in [4.78, 5) is 22.8. The summed E-state index contributed by atoms with van der Waals surface area (Å²) in [6, 6.07) is -0.837. The van der Waals surface area contributed by atoms with E-state index >= 15 is 0 Å². The predicted molar refractivity (Wildman–Crippen MR) is 54.6 cm³/mol. The van der Waals surface area contributed by atoms with Gasteiger partial charge in [-0.3, -0.25) is 14.5 Å². The maximum absolute atomic E-state index is 10.9. The Bertz CT molecular complexity index is 234. The van der Waals surface area contributed by atoms with E-state index in [9.17, 15) is 9.59 Å². The van der Waals surface area contributed by atoms with Gasteiger partial charge in [-0.05, 0) is 13.5 Å². The Morgan fingerprint density at radius 2 is 2.00 bits per heavy atom. The highest BCUT2D eigenvalue weighted by molar-refractivity contribution is 5.77. The van der Waals surface area contributed by atoms with Gasteiger partial charge in [-0.15, -0.1) is 0 Å². The van der Waals surface area contributed by atoms with Crippen LogP contribution in [0.4, 0.5) is 0 Å². The fraction of sp³-hybridized carbons (Fsp3) is 0.750. The van der Waals surface area contributed by atoms with E-state index in [1.165, 1.54) is 4.90 Å². The lowest BCUT2D eigenvalue weighted by molar-refractivity contribution is -0.144. The Kier molecular flexibility index (Phi) is 5.83. The second kappa shape index (κ2) is 6.33. The van der Waals surface area contributed by atoms with Crippen LogP contribution in [0.1, 0.15) is 12.8 Å². The van der Waals surface area contributed by atoms with Crippen molar-refractivity contribution in [2.75, 3.05) is 13.6 Å². The first-order valence-corrected chi connectivity index (χ1v) is 4.58. The number of carboxylic acid groups (broad SMARTS) is 1. The van der Waals surface area contributed by atoms with E-state index < -0.39 is 24.1 Å². The van der Waals surface area contributed by atoms with Crippen molar-refractivity contribution in [1.82, 2.24) is 4.90 Å². The third kappa shape index (κ3) is 4.73. The molecule has 88 valence electrons. The van der Waals surface area contributed by atoms with Gasteiger partial charge in [-0.2, -0.15) is 0 Å². The number of carbonyl (C=O) groups is 2. The Morgan fingerprint density at radius 1 is 1.47 bits per heavy atom. The van der Waals surface area contributed by atoms with Crippen LogP contribution in [-0.4, -0.2) is 47.7 Å². The summed E-state index contributed by atoms with van der Waals surface area (Å²) in [5.41, 5.74) is 15.8. The van der Waals surface area contributed by atoms with Crippen molar-refractivity contribution < 1.29 is 14.7 Å². The fourth-order valence-corrected chi connectivity index (χ4v) is 1.18. The molecule has 7 nitrogen and oxygen atoms in total. The highest BCUT2D eigenvalue weighted by atomic mass is 16.4. The molecular formula is C8H18N4O3. The van der Waals surface area contributed by atoms with Crippen LogP contribution in [0.5, 0.6) is 0 Å². The number of aliphatic carboxylic acids is 1. The van der Waals surface area contributed by atoms with Crippen LogP contribution in [0.3, 0.4) is 0 Å². The molecule has 0 bridgehead atoms. The molecule has 0 radical (unpaired) electrons. The van der Waals surface area contributed by atoms with Gasteiger partial charge in [0.15, 0.2) is 0 Å². The molecule has 0 aromatic rings. The monoisotopic (exact) mass is 218 g/mol. The summed E-state index contributed by atoms with van der Waals surface area (Å²) >= 11 is 0. The number of hydrogen-bond donors (Lipinski definition) is 4. The molecule has 7 N–H and O–H groups in total. The summed E-state index contributed by atoms with van der Waals surface area (Å²) in [6.45, 7) is 0.150. The Morgan fingerprint density at radius 3 is 2.33 bits per heavy atom. The van der Waals surface area contributed by atoms with Crippen molar-refractivity contribution in [1.29, 1.82) is 0 Å². The normalized spacial score (nSPS) is 14.9. The van der Waals surface area contributed by atoms with E-state index in [-0.39, 0.29) is 19.4 Å². The van der Waals surface area contributed by atoms with Gasteiger partial charge in [-0.25, -0.2) is 0 Å². The molecule has 1 amide bonds. The van der Waals surface area contributed by atoms with Crippen LogP contribution in [0.2, 0.25) is 0 Å². The molecule has 0 fully saturated rings. The van der Waals surface area contributed by atoms with Crippen LogP contribution >= 0.6 is 0 Å². The molecule has 0 saturated carbocycles. The fourth-order valence-electron chi connectivity index (χ4n) is 1.18. The van der Waals surface area contributed by atoms with Crippen molar-refractivity contribution in [2.45, 2.75) is 25.0 Å². The van der Waals surface area contributed by atoms with Crippen molar-refractivity contribution >= 4 is 11.9 Å². The molecule has 0 rings (SSSR count). The first-order chi connectivity index (χ1) is 6.90. The molecule has 0 saturated heterocycles. The van der Waals surface area contributed by atoms with Gasteiger partial charge in [0.25, 0.3) is 0 Å². The summed E-state index contributed by atoms with van der Waals surface area (Å²) < 4.78 is 0. The van der Waals surface area contributed by atoms with Crippen molar-refractivity contribution in [3.63, 3.8) is 0 Å². The molecule has 0 spiro atoms. The van der Waals surface area contributed by atoms with Gasteiger partial charge in [-0.1, -0.05) is 0 Å². The van der Waals surface area contributed by atoms with E-state index in [0.29, 0.717) is 0 Å². The van der Waals surface area contributed by atoms with Crippen LogP contribution in [-0.2, 0) is 9.59 Å². The molecule has 0 aliphatic rings. The van der Waals surface area contributed by atoms with Crippen LogP contribution in [0, 0.1) is 0 Å². The molecule has 0 aliphatic heterocycles. The molecule has 0 heterocycles. The van der Waals surface area contributed by atoms with E-state index in [1.807, 2.05) is 0 Å². The van der Waals surface area contributed by atoms with Crippen LogP contribution in [0.15, 0.2) is 0 Å². The lowest BCUT2D eigenvalue weighted by Gasteiger charge is -2.29. The average molecular weight is 218 g/mol. The molecular weight excluding hydrogens is 200 g/mol. The minimum absolute atomic E-state index is 0.0125. The number of carbonyl (C=O) groups excluding carboxylic acids is 1. The predicted octanol–water partition coefficient (Wildman–Crippen LogP) is -2.12. The zero-order valence-corrected chi connectivity index (χ0v) is 8.72. The smallest absolute Gasteiger partial charge is 0.320 e. The number of primary amides is 1. The average Bonchev–Trinajstić information content (AvgIpc) is 2.15. The minimum atomic E-state index is -1.04. The number of hydrogen-bond acceptors (Lipinski definition) is 5. The highest BCUT2D eigenvalue weighted by Crippen LogP contribution is 2.06. The number of nitrogens with two attached hydrogens (primary N) is 3. The second-order valence-electron chi connectivity index (χ2n) is 3.33. The topological polar surface area (TPSA) is 136 Å². The van der Waals surface area contributed by atoms with Crippen LogP contribution in [0.25, 0.3) is 0 Å². The third-order valence-electron chi connectivity index (χ3n) is 2.21. The number of rotatable bonds is 7. The van der Waals surface area contributed by atoms with Gasteiger partial charge < -0.3 is 22.3 Å². The standard InChI is InChI=1S/C8H18N4O3/c1-12(6(10)4-9)5(8(14)15)2-3-7(11)13/h5-6H,2-4,9-10H2,1H3,(H2,11,13)(H,14,15)/t5-,6?/m0/s1. The molecule has 1 unspecified atom stereocenters. The van der Waals surface area contributed by atoms with Gasteiger partial charge in [0.2, 0.25) is 5.91 Å². The molecule has 0 aromatic heterocycles. The van der Waals surface area contributed by atoms with E-state index in [2.05, 4.69) is 0 Å². The lowest BCUT2D eigenvalue weighted by Crippen LogP contribution is -2.52. The number of nitrogens with zero attached hydrogens (tertiary/aromatic N) is 1. The Balaban J connectivity index is 4.38. The van der Waals surface area contributed by atoms with E-state index in [0.717, 1.165) is 0 Å². The summed E-state index contributed by atoms with van der Waals surface area (Å²) in [7, 11) is 1.55. The SMILES string of the molecule is CN(C(N)CN)[C@@H](CCC(N)=O)C(=O)O. The summed E-state index contributed by atoms with van der Waals surface area (Å²) in [6.07, 6.45) is -0.396. The lowest BCUT2D eigenvalue weighted by atomic mass is 10.1. The second-order valence-corrected chi connectivity index (χ2v) is 3.33. The number of likely N-dealkylation sites (N-methyl/N-ethyl adjacent to an activating group) is 1. The van der Waals surface area contributed by atoms with Gasteiger partial charge in [0.05, 0.1) is 6.17 Å². The molecule has 7 heteroatoms. The van der Waals surface area contributed by atoms with Crippen molar-refractivity contribution in [3.05, 3.63) is 0 Å². The zero-order valence-electron chi connectivity index (χ0n) is 8.72. The maximum Gasteiger partial charge on any atom is 0.320 e. The molecule has 2 atom stereocenters. The molecule has 0 aliphatic carbocycles. The Labute approximate surface area is 88.2 Å². The Hall–Kier alpha value is -1.18. The third-order valence-corrected chi connectivity index (χ3v) is 2.21. The summed E-state index contributed by atoms with van der Waals surface area (Å²) in [5.74, 6) is -1.57. The highest BCUT2D eigenvalue weighted by Gasteiger charge is 2.26. The quantitative estimate of drug-likeness (QED) is 0.361. The van der Waals surface area contributed by atoms with Gasteiger partial charge in [0, 0.05) is 13.0 Å². The van der Waals surface area contributed by atoms with E-state index in [4.69, 9.17) is 22.3 Å². The number of amides is 1. The molecule has 0 aromatic carbocycles. The van der Waals surface area contributed by atoms with Crippen LogP contribution < -0.4 is 17.2 Å². The minimum Gasteiger partial charge on any atom is -0.480 e. The van der Waals surface area contributed by atoms with E-state index in [1.54, 1.807) is 7.05 Å². The van der Waals surface area contributed by atoms with Gasteiger partial charge >= 0.3 is 5.97 Å². The zero-order chi connectivity index (χ0) is 12.0.